The van der Waals surface area contributed by atoms with Gasteiger partial charge in [-0.15, -0.1) is 0 Å². The normalized spacial score (nSPS) is 12.7. The SMILES string of the molecule is Cc1ccccc1-c1ccc2c(c1)B1c3ccccc3Oc3cc(-c4ccccc4)cc(c31)O2. The van der Waals surface area contributed by atoms with E-state index in [1.54, 1.807) is 0 Å². The number of para-hydroxylation sites is 1. The van der Waals surface area contributed by atoms with Gasteiger partial charge in [0, 0.05) is 5.46 Å². The van der Waals surface area contributed by atoms with Gasteiger partial charge in [0.25, 0.3) is 6.71 Å². The Morgan fingerprint density at radius 2 is 1.18 bits per heavy atom. The van der Waals surface area contributed by atoms with Gasteiger partial charge < -0.3 is 9.47 Å². The number of aryl methyl sites for hydroxylation is 1. The minimum absolute atomic E-state index is 0.0625. The Morgan fingerprint density at radius 1 is 0.500 bits per heavy atom. The van der Waals surface area contributed by atoms with Crippen LogP contribution >= 0.6 is 0 Å². The largest absolute Gasteiger partial charge is 0.458 e. The summed E-state index contributed by atoms with van der Waals surface area (Å²) >= 11 is 0. The minimum atomic E-state index is 0.0625. The molecule has 0 aliphatic carbocycles. The Hall–Kier alpha value is -4.24. The van der Waals surface area contributed by atoms with Gasteiger partial charge in [-0.25, -0.2) is 0 Å². The number of hydrogen-bond acceptors (Lipinski definition) is 2. The van der Waals surface area contributed by atoms with Crippen LogP contribution in [0.2, 0.25) is 0 Å². The monoisotopic (exact) mass is 436 g/mol. The Morgan fingerprint density at radius 3 is 1.97 bits per heavy atom. The van der Waals surface area contributed by atoms with E-state index in [1.807, 2.05) is 12.1 Å². The molecule has 0 N–H and O–H groups in total. The summed E-state index contributed by atoms with van der Waals surface area (Å²) in [6.07, 6.45) is 0. The van der Waals surface area contributed by atoms with Crippen LogP contribution in [-0.4, -0.2) is 6.71 Å². The Bertz CT molecular complexity index is 1560. The van der Waals surface area contributed by atoms with Crippen molar-refractivity contribution in [3.63, 3.8) is 0 Å². The van der Waals surface area contributed by atoms with E-state index in [2.05, 4.69) is 104 Å². The van der Waals surface area contributed by atoms with Crippen molar-refractivity contribution in [2.24, 2.45) is 0 Å². The number of benzene rings is 5. The first-order chi connectivity index (χ1) is 16.8. The van der Waals surface area contributed by atoms with Gasteiger partial charge >= 0.3 is 0 Å². The molecule has 2 heterocycles. The Kier molecular flexibility index (Phi) is 4.19. The molecule has 34 heavy (non-hydrogen) atoms. The van der Waals surface area contributed by atoms with Crippen LogP contribution in [0.4, 0.5) is 0 Å². The Labute approximate surface area is 199 Å². The summed E-state index contributed by atoms with van der Waals surface area (Å²) in [5.41, 5.74) is 9.41. The van der Waals surface area contributed by atoms with Crippen LogP contribution in [0.1, 0.15) is 5.56 Å². The van der Waals surface area contributed by atoms with Gasteiger partial charge in [-0.05, 0) is 69.9 Å². The minimum Gasteiger partial charge on any atom is -0.458 e. The lowest BCUT2D eigenvalue weighted by Gasteiger charge is -2.33. The molecule has 0 amide bonds. The zero-order valence-corrected chi connectivity index (χ0v) is 18.8. The molecule has 0 bridgehead atoms. The summed E-state index contributed by atoms with van der Waals surface area (Å²) < 4.78 is 13.0. The lowest BCUT2D eigenvalue weighted by atomic mass is 9.34. The topological polar surface area (TPSA) is 18.5 Å². The summed E-state index contributed by atoms with van der Waals surface area (Å²) in [7, 11) is 0. The molecule has 160 valence electrons. The van der Waals surface area contributed by atoms with Crippen molar-refractivity contribution in [3.8, 4) is 45.3 Å². The third-order valence-corrected chi connectivity index (χ3v) is 6.95. The molecule has 0 spiro atoms. The molecule has 7 rings (SSSR count). The molecule has 0 aromatic heterocycles. The highest BCUT2D eigenvalue weighted by Crippen LogP contribution is 2.38. The van der Waals surface area contributed by atoms with E-state index in [9.17, 15) is 0 Å². The molecule has 2 aliphatic rings. The van der Waals surface area contributed by atoms with E-state index < -0.39 is 0 Å². The maximum absolute atomic E-state index is 6.54. The first-order valence-electron chi connectivity index (χ1n) is 11.6. The molecule has 2 nitrogen and oxygen atoms in total. The first-order valence-corrected chi connectivity index (χ1v) is 11.6. The van der Waals surface area contributed by atoms with Crippen LogP contribution in [0.5, 0.6) is 23.0 Å². The van der Waals surface area contributed by atoms with Gasteiger partial charge in [-0.3, -0.25) is 0 Å². The first kappa shape index (κ1) is 19.3. The summed E-state index contributed by atoms with van der Waals surface area (Å²) in [6.45, 7) is 2.22. The fraction of sp³-hybridized carbons (Fsp3) is 0.0323. The predicted octanol–water partition coefficient (Wildman–Crippen LogP) is 6.06. The van der Waals surface area contributed by atoms with Crippen LogP contribution in [0.25, 0.3) is 22.3 Å². The molecule has 0 saturated heterocycles. The maximum Gasteiger partial charge on any atom is 0.260 e. The average molecular weight is 436 g/mol. The molecule has 0 saturated carbocycles. The molecule has 2 aliphatic heterocycles. The molecule has 0 unspecified atom stereocenters. The van der Waals surface area contributed by atoms with E-state index in [4.69, 9.17) is 9.47 Å². The average Bonchev–Trinajstić information content (AvgIpc) is 2.89. The summed E-state index contributed by atoms with van der Waals surface area (Å²) in [5, 5.41) is 0. The highest BCUT2D eigenvalue weighted by atomic mass is 16.5. The highest BCUT2D eigenvalue weighted by Gasteiger charge is 2.40. The van der Waals surface area contributed by atoms with Crippen molar-refractivity contribution in [1.82, 2.24) is 0 Å². The number of rotatable bonds is 2. The van der Waals surface area contributed by atoms with Gasteiger partial charge in [0.2, 0.25) is 0 Å². The van der Waals surface area contributed by atoms with E-state index in [0.29, 0.717) is 0 Å². The standard InChI is InChI=1S/C31H21BO2/c1-20-9-5-6-12-24(20)22-15-16-28-26(17-22)32-25-13-7-8-14-27(25)33-29-18-23(19-30(34-28)31(29)32)21-10-3-2-4-11-21/h2-19H,1H3. The van der Waals surface area contributed by atoms with Gasteiger partial charge in [-0.2, -0.15) is 0 Å². The van der Waals surface area contributed by atoms with Gasteiger partial charge in [-0.1, -0.05) is 84.9 Å². The zero-order valence-electron chi connectivity index (χ0n) is 18.8. The number of fused-ring (bicyclic) bond motifs is 4. The van der Waals surface area contributed by atoms with Crippen molar-refractivity contribution in [2.45, 2.75) is 6.92 Å². The second-order valence-electron chi connectivity index (χ2n) is 8.99. The fourth-order valence-corrected chi connectivity index (χ4v) is 5.31. The van der Waals surface area contributed by atoms with Crippen molar-refractivity contribution in [3.05, 3.63) is 115 Å². The lowest BCUT2D eigenvalue weighted by Crippen LogP contribution is -2.57. The molecule has 0 radical (unpaired) electrons. The molecule has 3 heteroatoms. The molecular formula is C31H21BO2. The smallest absolute Gasteiger partial charge is 0.260 e. The van der Waals surface area contributed by atoms with E-state index >= 15 is 0 Å². The van der Waals surface area contributed by atoms with Crippen molar-refractivity contribution >= 4 is 23.1 Å². The summed E-state index contributed by atoms with van der Waals surface area (Å²) in [4.78, 5) is 0. The highest BCUT2D eigenvalue weighted by molar-refractivity contribution is 6.98. The maximum atomic E-state index is 6.54. The van der Waals surface area contributed by atoms with Crippen molar-refractivity contribution in [1.29, 1.82) is 0 Å². The number of ether oxygens (including phenoxy) is 2. The second kappa shape index (κ2) is 7.39. The van der Waals surface area contributed by atoms with E-state index in [-0.39, 0.29) is 6.71 Å². The van der Waals surface area contributed by atoms with Crippen LogP contribution < -0.4 is 25.9 Å². The van der Waals surface area contributed by atoms with Gasteiger partial charge in [0.1, 0.15) is 23.0 Å². The van der Waals surface area contributed by atoms with Crippen LogP contribution in [0.3, 0.4) is 0 Å². The van der Waals surface area contributed by atoms with Crippen LogP contribution in [0.15, 0.2) is 109 Å². The van der Waals surface area contributed by atoms with Crippen LogP contribution in [0, 0.1) is 6.92 Å². The fourth-order valence-electron chi connectivity index (χ4n) is 5.31. The quantitative estimate of drug-likeness (QED) is 0.307. The van der Waals surface area contributed by atoms with E-state index in [0.717, 1.165) is 39.6 Å². The molecule has 5 aromatic carbocycles. The Balaban J connectivity index is 1.46. The number of hydrogen-bond donors (Lipinski definition) is 0. The van der Waals surface area contributed by atoms with Gasteiger partial charge in [0.15, 0.2) is 0 Å². The summed E-state index contributed by atoms with van der Waals surface area (Å²) in [6, 6.07) is 38.2. The molecule has 0 atom stereocenters. The van der Waals surface area contributed by atoms with E-state index in [1.165, 1.54) is 27.6 Å². The zero-order chi connectivity index (χ0) is 22.6. The second-order valence-corrected chi connectivity index (χ2v) is 8.99. The van der Waals surface area contributed by atoms with Crippen LogP contribution in [-0.2, 0) is 0 Å². The molecule has 0 fully saturated rings. The lowest BCUT2D eigenvalue weighted by molar-refractivity contribution is 0.465. The molecule has 5 aromatic rings. The van der Waals surface area contributed by atoms with Crippen molar-refractivity contribution in [2.75, 3.05) is 0 Å². The predicted molar refractivity (Wildman–Crippen MR) is 140 cm³/mol. The third-order valence-electron chi connectivity index (χ3n) is 6.95. The van der Waals surface area contributed by atoms with Crippen molar-refractivity contribution < 1.29 is 9.47 Å². The summed E-state index contributed by atoms with van der Waals surface area (Å²) in [5.74, 6) is 3.55. The van der Waals surface area contributed by atoms with Gasteiger partial charge in [0.05, 0.1) is 0 Å². The third kappa shape index (κ3) is 2.90. The molecular weight excluding hydrogens is 415 g/mol.